The molecule has 1 saturated heterocycles. The second-order valence-electron chi connectivity index (χ2n) is 9.65. The maximum Gasteiger partial charge on any atom is 0.221 e. The molecule has 0 unspecified atom stereocenters. The van der Waals surface area contributed by atoms with Gasteiger partial charge in [-0.2, -0.15) is 0 Å². The number of amides is 1. The molecule has 188 valence electrons. The van der Waals surface area contributed by atoms with Crippen molar-refractivity contribution < 1.29 is 4.79 Å². The summed E-state index contributed by atoms with van der Waals surface area (Å²) in [6.45, 7) is 12.9. The minimum atomic E-state index is -0.0383. The van der Waals surface area contributed by atoms with Crippen molar-refractivity contribution in [3.8, 4) is 11.4 Å². The number of aromatic nitrogens is 2. The van der Waals surface area contributed by atoms with Crippen LogP contribution in [0.4, 0.5) is 11.4 Å². The van der Waals surface area contributed by atoms with E-state index in [1.165, 1.54) is 5.56 Å². The van der Waals surface area contributed by atoms with Gasteiger partial charge < -0.3 is 14.8 Å². The van der Waals surface area contributed by atoms with Crippen LogP contribution >= 0.6 is 11.6 Å². The smallest absolute Gasteiger partial charge is 0.221 e. The number of anilines is 1. The minimum Gasteiger partial charge on any atom is -0.326 e. The van der Waals surface area contributed by atoms with Crippen LogP contribution in [-0.2, 0) is 11.3 Å². The first-order valence-electron chi connectivity index (χ1n) is 12.7. The molecule has 1 aliphatic rings. The average Bonchev–Trinajstić information content (AvgIpc) is 3.27. The Morgan fingerprint density at radius 3 is 2.59 bits per heavy atom. The van der Waals surface area contributed by atoms with Gasteiger partial charge in [-0.3, -0.25) is 4.79 Å². The number of rotatable bonds is 7. The predicted molar refractivity (Wildman–Crippen MR) is 150 cm³/mol. The molecule has 6 nitrogen and oxygen atoms in total. The van der Waals surface area contributed by atoms with Crippen molar-refractivity contribution >= 4 is 39.9 Å². The van der Waals surface area contributed by atoms with E-state index in [0.717, 1.165) is 73.6 Å². The van der Waals surface area contributed by atoms with E-state index in [-0.39, 0.29) is 5.91 Å². The van der Waals surface area contributed by atoms with Crippen LogP contribution in [0.2, 0.25) is 5.02 Å². The SMILES string of the molecule is [C-]#[N+]c1ccc2c(c1)nc(-c1ccc(Cl)cc1)n2CCCN1CCC(c2cccc(NC(C)=O)c2)CC1. The Labute approximate surface area is 222 Å². The van der Waals surface area contributed by atoms with Crippen molar-refractivity contribution in [1.29, 1.82) is 0 Å². The molecular weight excluding hydrogens is 482 g/mol. The number of nitrogens with one attached hydrogen (secondary N) is 1. The normalized spacial score (nSPS) is 14.5. The average molecular weight is 512 g/mol. The molecule has 7 heteroatoms. The number of hydrogen-bond acceptors (Lipinski definition) is 3. The number of piperidine rings is 1. The third-order valence-electron chi connectivity index (χ3n) is 7.09. The molecule has 0 bridgehead atoms. The van der Waals surface area contributed by atoms with E-state index in [1.54, 1.807) is 6.92 Å². The molecule has 37 heavy (non-hydrogen) atoms. The molecule has 1 aromatic heterocycles. The minimum absolute atomic E-state index is 0.0383. The quantitative estimate of drug-likeness (QED) is 0.268. The number of hydrogen-bond donors (Lipinski definition) is 1. The summed E-state index contributed by atoms with van der Waals surface area (Å²) in [5.41, 5.74) is 5.70. The molecule has 0 atom stereocenters. The second kappa shape index (κ2) is 11.2. The molecule has 0 radical (unpaired) electrons. The molecule has 0 saturated carbocycles. The van der Waals surface area contributed by atoms with Gasteiger partial charge in [0.1, 0.15) is 5.82 Å². The first-order chi connectivity index (χ1) is 18.0. The molecule has 1 fully saturated rings. The van der Waals surface area contributed by atoms with Gasteiger partial charge in [-0.05, 0) is 98.9 Å². The summed E-state index contributed by atoms with van der Waals surface area (Å²) in [5, 5.41) is 3.60. The number of fused-ring (bicyclic) bond motifs is 1. The lowest BCUT2D eigenvalue weighted by atomic mass is 9.89. The van der Waals surface area contributed by atoms with Gasteiger partial charge in [-0.15, -0.1) is 0 Å². The Kier molecular flexibility index (Phi) is 7.55. The molecule has 1 N–H and O–H groups in total. The Morgan fingerprint density at radius 1 is 1.08 bits per heavy atom. The van der Waals surface area contributed by atoms with Crippen LogP contribution in [0, 0.1) is 6.57 Å². The first kappa shape index (κ1) is 25.0. The van der Waals surface area contributed by atoms with Crippen LogP contribution in [0.3, 0.4) is 0 Å². The van der Waals surface area contributed by atoms with Gasteiger partial charge in [0.25, 0.3) is 0 Å². The van der Waals surface area contributed by atoms with Crippen LogP contribution in [0.1, 0.15) is 37.7 Å². The summed E-state index contributed by atoms with van der Waals surface area (Å²) in [4.78, 5) is 22.4. The number of carbonyl (C=O) groups excluding carboxylic acids is 1. The van der Waals surface area contributed by atoms with Crippen LogP contribution in [0.5, 0.6) is 0 Å². The number of carbonyl (C=O) groups is 1. The van der Waals surface area contributed by atoms with Crippen LogP contribution in [0.25, 0.3) is 27.3 Å². The van der Waals surface area contributed by atoms with Gasteiger partial charge in [0.15, 0.2) is 5.69 Å². The van der Waals surface area contributed by atoms with Crippen molar-refractivity contribution in [1.82, 2.24) is 14.5 Å². The summed E-state index contributed by atoms with van der Waals surface area (Å²) in [6.07, 6.45) is 3.25. The van der Waals surface area contributed by atoms with Gasteiger partial charge in [-0.25, -0.2) is 9.83 Å². The summed E-state index contributed by atoms with van der Waals surface area (Å²) >= 11 is 6.12. The fraction of sp³-hybridized carbons (Fsp3) is 0.300. The summed E-state index contributed by atoms with van der Waals surface area (Å²) < 4.78 is 2.27. The highest BCUT2D eigenvalue weighted by atomic mass is 35.5. The molecule has 0 aliphatic carbocycles. The molecule has 1 aliphatic heterocycles. The molecule has 0 spiro atoms. The van der Waals surface area contributed by atoms with E-state index in [9.17, 15) is 4.79 Å². The highest BCUT2D eigenvalue weighted by Gasteiger charge is 2.21. The van der Waals surface area contributed by atoms with Crippen LogP contribution in [0.15, 0.2) is 66.7 Å². The van der Waals surface area contributed by atoms with Gasteiger partial charge in [0.05, 0.1) is 17.6 Å². The van der Waals surface area contributed by atoms with Crippen molar-refractivity contribution in [3.05, 3.63) is 88.7 Å². The fourth-order valence-corrected chi connectivity index (χ4v) is 5.38. The summed E-state index contributed by atoms with van der Waals surface area (Å²) in [5.74, 6) is 1.39. The maximum absolute atomic E-state index is 11.4. The maximum atomic E-state index is 11.4. The number of likely N-dealkylation sites (tertiary alicyclic amines) is 1. The zero-order valence-electron chi connectivity index (χ0n) is 21.0. The standard InChI is InChI=1S/C30H30ClN5O/c1-21(37)33-27-6-3-5-24(19-27)22-13-17-35(18-14-22)15-4-16-36-29-12-11-26(32-2)20-28(29)34-30(36)23-7-9-25(31)10-8-23/h3,5-12,19-20,22H,4,13-18H2,1H3,(H,33,37). The Hall–Kier alpha value is -3.66. The van der Waals surface area contributed by atoms with E-state index < -0.39 is 0 Å². The van der Waals surface area contributed by atoms with E-state index in [1.807, 2.05) is 54.6 Å². The molecular formula is C30H30ClN5O. The third kappa shape index (κ3) is 5.85. The third-order valence-corrected chi connectivity index (χ3v) is 7.34. The molecule has 1 amide bonds. The number of aryl methyl sites for hydroxylation is 1. The van der Waals surface area contributed by atoms with Crippen molar-refractivity contribution in [2.45, 2.75) is 38.6 Å². The monoisotopic (exact) mass is 511 g/mol. The number of halogens is 1. The number of benzene rings is 3. The fourth-order valence-electron chi connectivity index (χ4n) is 5.25. The molecule has 5 rings (SSSR count). The number of imidazole rings is 1. The van der Waals surface area contributed by atoms with E-state index in [4.69, 9.17) is 23.2 Å². The summed E-state index contributed by atoms with van der Waals surface area (Å²) in [6, 6.07) is 21.8. The van der Waals surface area contributed by atoms with Crippen LogP contribution in [-0.4, -0.2) is 40.0 Å². The Balaban J connectivity index is 1.24. The second-order valence-corrected chi connectivity index (χ2v) is 10.1. The van der Waals surface area contributed by atoms with Crippen molar-refractivity contribution in [2.24, 2.45) is 0 Å². The van der Waals surface area contributed by atoms with Gasteiger partial charge >= 0.3 is 0 Å². The Morgan fingerprint density at radius 2 is 1.86 bits per heavy atom. The highest BCUT2D eigenvalue weighted by Crippen LogP contribution is 2.31. The van der Waals surface area contributed by atoms with Crippen molar-refractivity contribution in [3.63, 3.8) is 0 Å². The first-order valence-corrected chi connectivity index (χ1v) is 13.1. The largest absolute Gasteiger partial charge is 0.326 e. The number of nitrogens with zero attached hydrogens (tertiary/aromatic N) is 4. The topological polar surface area (TPSA) is 54.5 Å². The molecule has 2 heterocycles. The van der Waals surface area contributed by atoms with Crippen LogP contribution < -0.4 is 5.32 Å². The lowest BCUT2D eigenvalue weighted by Crippen LogP contribution is -2.34. The van der Waals surface area contributed by atoms with E-state index >= 15 is 0 Å². The van der Waals surface area contributed by atoms with Gasteiger partial charge in [0, 0.05) is 29.7 Å². The molecule has 3 aromatic carbocycles. The van der Waals surface area contributed by atoms with Gasteiger partial charge in [0.2, 0.25) is 5.91 Å². The lowest BCUT2D eigenvalue weighted by Gasteiger charge is -2.32. The highest BCUT2D eigenvalue weighted by molar-refractivity contribution is 6.30. The van der Waals surface area contributed by atoms with E-state index in [0.29, 0.717) is 16.6 Å². The van der Waals surface area contributed by atoms with Crippen molar-refractivity contribution in [2.75, 3.05) is 25.0 Å². The zero-order valence-corrected chi connectivity index (χ0v) is 21.7. The van der Waals surface area contributed by atoms with Gasteiger partial charge in [-0.1, -0.05) is 29.8 Å². The lowest BCUT2D eigenvalue weighted by molar-refractivity contribution is -0.114. The predicted octanol–water partition coefficient (Wildman–Crippen LogP) is 7.14. The van der Waals surface area contributed by atoms with E-state index in [2.05, 4.69) is 31.8 Å². The summed E-state index contributed by atoms with van der Waals surface area (Å²) in [7, 11) is 0. The zero-order chi connectivity index (χ0) is 25.8. The Bertz CT molecular complexity index is 1450. The molecule has 4 aromatic rings.